The Labute approximate surface area is 115 Å². The lowest BCUT2D eigenvalue weighted by Gasteiger charge is -2.22. The maximum Gasteiger partial charge on any atom is 0.221 e. The third kappa shape index (κ3) is 5.41. The highest BCUT2D eigenvalue weighted by atomic mass is 16.3. The summed E-state index contributed by atoms with van der Waals surface area (Å²) in [5.41, 5.74) is 1.90. The first-order chi connectivity index (χ1) is 9.04. The lowest BCUT2D eigenvalue weighted by Crippen LogP contribution is -2.34. The van der Waals surface area contributed by atoms with Gasteiger partial charge in [0, 0.05) is 31.8 Å². The molecule has 19 heavy (non-hydrogen) atoms. The van der Waals surface area contributed by atoms with Gasteiger partial charge in [0.2, 0.25) is 5.91 Å². The minimum atomic E-state index is -0.0665. The molecule has 3 N–H and O–H groups in total. The zero-order valence-electron chi connectivity index (χ0n) is 11.9. The minimum absolute atomic E-state index is 0.0665. The van der Waals surface area contributed by atoms with Gasteiger partial charge in [0.1, 0.15) is 0 Å². The molecular formula is C15H24N2O2. The Morgan fingerprint density at radius 2 is 2.00 bits per heavy atom. The van der Waals surface area contributed by atoms with E-state index in [0.717, 1.165) is 17.7 Å². The highest BCUT2D eigenvalue weighted by Crippen LogP contribution is 2.16. The summed E-state index contributed by atoms with van der Waals surface area (Å²) < 4.78 is 0. The average molecular weight is 264 g/mol. The van der Waals surface area contributed by atoms with E-state index in [9.17, 15) is 4.79 Å². The van der Waals surface area contributed by atoms with Crippen LogP contribution >= 0.6 is 0 Å². The van der Waals surface area contributed by atoms with Gasteiger partial charge in [-0.3, -0.25) is 4.79 Å². The van der Waals surface area contributed by atoms with Crippen molar-refractivity contribution in [3.05, 3.63) is 29.8 Å². The molecule has 1 atom stereocenters. The molecule has 0 fully saturated rings. The van der Waals surface area contributed by atoms with E-state index in [1.807, 2.05) is 24.3 Å². The maximum atomic E-state index is 11.1. The van der Waals surface area contributed by atoms with Crippen molar-refractivity contribution in [3.63, 3.8) is 0 Å². The highest BCUT2D eigenvalue weighted by molar-refractivity contribution is 5.89. The molecule has 1 aromatic carbocycles. The molecule has 1 aromatic rings. The lowest BCUT2D eigenvalue weighted by atomic mass is 10.0. The van der Waals surface area contributed by atoms with Crippen LogP contribution in [0.25, 0.3) is 0 Å². The highest BCUT2D eigenvalue weighted by Gasteiger charge is 2.12. The van der Waals surface area contributed by atoms with E-state index in [2.05, 4.69) is 24.5 Å². The van der Waals surface area contributed by atoms with Crippen LogP contribution < -0.4 is 10.6 Å². The number of rotatable bonds is 7. The molecule has 0 spiro atoms. The van der Waals surface area contributed by atoms with Crippen LogP contribution in [0.5, 0.6) is 0 Å². The van der Waals surface area contributed by atoms with Crippen molar-refractivity contribution in [3.8, 4) is 0 Å². The summed E-state index contributed by atoms with van der Waals surface area (Å²) in [7, 11) is 0. The quantitative estimate of drug-likeness (QED) is 0.707. The maximum absolute atomic E-state index is 11.1. The summed E-state index contributed by atoms with van der Waals surface area (Å²) in [6, 6.07) is 8.03. The summed E-state index contributed by atoms with van der Waals surface area (Å²) in [5.74, 6) is 0.392. The molecule has 0 bridgehead atoms. The fourth-order valence-electron chi connectivity index (χ4n) is 2.04. The van der Waals surface area contributed by atoms with Crippen molar-refractivity contribution >= 4 is 11.6 Å². The van der Waals surface area contributed by atoms with Gasteiger partial charge in [-0.2, -0.15) is 0 Å². The number of amides is 1. The van der Waals surface area contributed by atoms with Crippen LogP contribution in [0.1, 0.15) is 32.8 Å². The molecule has 0 aliphatic carbocycles. The molecule has 1 unspecified atom stereocenters. The number of carbonyl (C=O) groups is 1. The van der Waals surface area contributed by atoms with Gasteiger partial charge in [0.15, 0.2) is 0 Å². The van der Waals surface area contributed by atoms with E-state index in [4.69, 9.17) is 5.11 Å². The fourth-order valence-corrected chi connectivity index (χ4v) is 2.04. The number of aliphatic hydroxyl groups is 1. The molecule has 1 amide bonds. The molecule has 0 aromatic heterocycles. The second-order valence-corrected chi connectivity index (χ2v) is 5.08. The third-order valence-corrected chi connectivity index (χ3v) is 3.13. The molecule has 0 aliphatic rings. The lowest BCUT2D eigenvalue weighted by molar-refractivity contribution is -0.114. The Kier molecular flexibility index (Phi) is 6.53. The molecular weight excluding hydrogens is 240 g/mol. The monoisotopic (exact) mass is 264 g/mol. The molecule has 0 heterocycles. The zero-order valence-corrected chi connectivity index (χ0v) is 11.9. The Bertz CT molecular complexity index is 405. The Morgan fingerprint density at radius 1 is 1.32 bits per heavy atom. The van der Waals surface area contributed by atoms with Gasteiger partial charge in [0.05, 0.1) is 0 Å². The number of aliphatic hydroxyl groups excluding tert-OH is 1. The summed E-state index contributed by atoms with van der Waals surface area (Å²) in [6.45, 7) is 6.63. The molecule has 0 saturated carbocycles. The van der Waals surface area contributed by atoms with Crippen LogP contribution in [-0.2, 0) is 11.3 Å². The van der Waals surface area contributed by atoms with Gasteiger partial charge in [-0.15, -0.1) is 0 Å². The Hall–Kier alpha value is -1.39. The number of nitrogens with one attached hydrogen (secondary N) is 2. The second kappa shape index (κ2) is 7.92. The van der Waals surface area contributed by atoms with E-state index in [-0.39, 0.29) is 18.6 Å². The largest absolute Gasteiger partial charge is 0.396 e. The summed E-state index contributed by atoms with van der Waals surface area (Å²) in [5, 5.41) is 15.3. The standard InChI is InChI=1S/C15H24N2O2/c1-11(2)14(8-9-18)16-10-13-6-4-5-7-15(13)17-12(3)19/h4-7,11,14,16,18H,8-10H2,1-3H3,(H,17,19). The van der Waals surface area contributed by atoms with E-state index >= 15 is 0 Å². The smallest absolute Gasteiger partial charge is 0.221 e. The first kappa shape index (κ1) is 15.7. The minimum Gasteiger partial charge on any atom is -0.396 e. The Morgan fingerprint density at radius 3 is 2.58 bits per heavy atom. The van der Waals surface area contributed by atoms with Crippen LogP contribution in [0, 0.1) is 5.92 Å². The zero-order chi connectivity index (χ0) is 14.3. The molecule has 106 valence electrons. The van der Waals surface area contributed by atoms with Crippen molar-refractivity contribution in [2.75, 3.05) is 11.9 Å². The van der Waals surface area contributed by atoms with Gasteiger partial charge in [-0.05, 0) is 24.0 Å². The molecule has 0 saturated heterocycles. The van der Waals surface area contributed by atoms with Crippen LogP contribution in [0.2, 0.25) is 0 Å². The molecule has 0 aliphatic heterocycles. The van der Waals surface area contributed by atoms with Crippen molar-refractivity contribution in [1.29, 1.82) is 0 Å². The number of anilines is 1. The van der Waals surface area contributed by atoms with E-state index in [0.29, 0.717) is 12.5 Å². The number of hydrogen-bond acceptors (Lipinski definition) is 3. The SMILES string of the molecule is CC(=O)Nc1ccccc1CNC(CCO)C(C)C. The predicted octanol–water partition coefficient (Wildman–Crippen LogP) is 2.14. The Balaban J connectivity index is 2.68. The molecule has 1 rings (SSSR count). The topological polar surface area (TPSA) is 61.4 Å². The number of para-hydroxylation sites is 1. The first-order valence-corrected chi connectivity index (χ1v) is 6.74. The van der Waals surface area contributed by atoms with Crippen molar-refractivity contribution in [1.82, 2.24) is 5.32 Å². The summed E-state index contributed by atoms with van der Waals surface area (Å²) >= 11 is 0. The van der Waals surface area contributed by atoms with Crippen LogP contribution in [0.3, 0.4) is 0 Å². The van der Waals surface area contributed by atoms with Gasteiger partial charge in [0.25, 0.3) is 0 Å². The van der Waals surface area contributed by atoms with E-state index in [1.54, 1.807) is 0 Å². The first-order valence-electron chi connectivity index (χ1n) is 6.74. The summed E-state index contributed by atoms with van der Waals surface area (Å²) in [4.78, 5) is 11.1. The summed E-state index contributed by atoms with van der Waals surface area (Å²) in [6.07, 6.45) is 0.736. The predicted molar refractivity (Wildman–Crippen MR) is 77.9 cm³/mol. The fraction of sp³-hybridized carbons (Fsp3) is 0.533. The van der Waals surface area contributed by atoms with Crippen LogP contribution in [0.4, 0.5) is 5.69 Å². The van der Waals surface area contributed by atoms with Crippen molar-refractivity contribution < 1.29 is 9.90 Å². The molecule has 0 radical (unpaired) electrons. The molecule has 4 heteroatoms. The average Bonchev–Trinajstić information content (AvgIpc) is 2.35. The number of carbonyl (C=O) groups excluding carboxylic acids is 1. The van der Waals surface area contributed by atoms with Gasteiger partial charge in [-0.1, -0.05) is 32.0 Å². The van der Waals surface area contributed by atoms with E-state index in [1.165, 1.54) is 6.92 Å². The normalized spacial score (nSPS) is 12.5. The van der Waals surface area contributed by atoms with Crippen LogP contribution in [-0.4, -0.2) is 23.7 Å². The molecule has 4 nitrogen and oxygen atoms in total. The second-order valence-electron chi connectivity index (χ2n) is 5.08. The van der Waals surface area contributed by atoms with Gasteiger partial charge in [-0.25, -0.2) is 0 Å². The van der Waals surface area contributed by atoms with Gasteiger partial charge >= 0.3 is 0 Å². The third-order valence-electron chi connectivity index (χ3n) is 3.13. The number of benzene rings is 1. The van der Waals surface area contributed by atoms with Crippen LogP contribution in [0.15, 0.2) is 24.3 Å². The van der Waals surface area contributed by atoms with Crippen molar-refractivity contribution in [2.45, 2.75) is 39.8 Å². The van der Waals surface area contributed by atoms with Gasteiger partial charge < -0.3 is 15.7 Å². The number of hydrogen-bond donors (Lipinski definition) is 3. The van der Waals surface area contributed by atoms with E-state index < -0.39 is 0 Å². The van der Waals surface area contributed by atoms with Crippen molar-refractivity contribution in [2.24, 2.45) is 5.92 Å².